The molecule has 116 valence electrons. The van der Waals surface area contributed by atoms with E-state index < -0.39 is 0 Å². The summed E-state index contributed by atoms with van der Waals surface area (Å²) in [6, 6.07) is 21.3. The van der Waals surface area contributed by atoms with Gasteiger partial charge in [-0.25, -0.2) is 0 Å². The van der Waals surface area contributed by atoms with E-state index in [1.165, 1.54) is 16.7 Å². The number of hydrogen-bond acceptors (Lipinski definition) is 2. The zero-order valence-corrected chi connectivity index (χ0v) is 13.2. The second kappa shape index (κ2) is 6.57. The Morgan fingerprint density at radius 1 is 0.783 bits per heavy atom. The summed E-state index contributed by atoms with van der Waals surface area (Å²) in [5.41, 5.74) is 5.94. The molecule has 0 amide bonds. The summed E-state index contributed by atoms with van der Waals surface area (Å²) in [4.78, 5) is 0. The monoisotopic (exact) mass is 304 g/mol. The summed E-state index contributed by atoms with van der Waals surface area (Å²) in [5, 5.41) is 18.8. The molecule has 0 bridgehead atoms. The zero-order chi connectivity index (χ0) is 16.2. The molecular formula is C21H20O2. The van der Waals surface area contributed by atoms with Gasteiger partial charge >= 0.3 is 0 Å². The highest BCUT2D eigenvalue weighted by Gasteiger charge is 2.21. The molecule has 0 aromatic heterocycles. The molecule has 0 radical (unpaired) electrons. The number of phenolic OH excluding ortho intramolecular Hbond substituents is 2. The third kappa shape index (κ3) is 3.07. The molecule has 0 unspecified atom stereocenters. The van der Waals surface area contributed by atoms with Gasteiger partial charge in [-0.1, -0.05) is 61.5 Å². The van der Waals surface area contributed by atoms with Crippen LogP contribution in [0.2, 0.25) is 0 Å². The Bertz CT molecular complexity index is 807. The first-order chi connectivity index (χ1) is 11.2. The molecule has 0 heterocycles. The van der Waals surface area contributed by atoms with Crippen LogP contribution in [0.15, 0.2) is 66.7 Å². The normalized spacial score (nSPS) is 11.2. The smallest absolute Gasteiger partial charge is 0.122 e. The molecule has 2 heteroatoms. The van der Waals surface area contributed by atoms with Crippen molar-refractivity contribution in [3.8, 4) is 22.6 Å². The Balaban J connectivity index is 0.000000188. The number of fused-ring (bicyclic) bond motifs is 3. The molecule has 23 heavy (non-hydrogen) atoms. The average Bonchev–Trinajstić information content (AvgIpc) is 2.96. The Morgan fingerprint density at radius 2 is 1.48 bits per heavy atom. The van der Waals surface area contributed by atoms with Gasteiger partial charge in [0.1, 0.15) is 11.5 Å². The largest absolute Gasteiger partial charge is 0.508 e. The molecule has 0 atom stereocenters. The van der Waals surface area contributed by atoms with Crippen LogP contribution >= 0.6 is 0 Å². The fraction of sp³-hybridized carbons (Fsp3) is 0.143. The molecule has 2 nitrogen and oxygen atoms in total. The maximum absolute atomic E-state index is 10.2. The fourth-order valence-electron chi connectivity index (χ4n) is 2.96. The van der Waals surface area contributed by atoms with Crippen molar-refractivity contribution in [2.24, 2.45) is 0 Å². The van der Waals surface area contributed by atoms with Gasteiger partial charge in [-0.05, 0) is 40.8 Å². The maximum atomic E-state index is 10.2. The summed E-state index contributed by atoms with van der Waals surface area (Å²) in [6.45, 7) is 2.07. The summed E-state index contributed by atoms with van der Waals surface area (Å²) >= 11 is 0. The van der Waals surface area contributed by atoms with E-state index >= 15 is 0 Å². The number of para-hydroxylation sites is 1. The lowest BCUT2D eigenvalue weighted by atomic mass is 10.0. The van der Waals surface area contributed by atoms with Crippen LogP contribution in [0.4, 0.5) is 0 Å². The fourth-order valence-corrected chi connectivity index (χ4v) is 2.96. The van der Waals surface area contributed by atoms with Gasteiger partial charge < -0.3 is 10.2 Å². The SMILES string of the molecule is CCc1ccc2c(c1O)Cc1ccccc1-2.Oc1ccccc1. The van der Waals surface area contributed by atoms with E-state index in [1.807, 2.05) is 12.1 Å². The molecule has 2 N–H and O–H groups in total. The van der Waals surface area contributed by atoms with Crippen molar-refractivity contribution >= 4 is 0 Å². The van der Waals surface area contributed by atoms with Crippen LogP contribution in [0, 0.1) is 0 Å². The van der Waals surface area contributed by atoms with Crippen LogP contribution in [0.3, 0.4) is 0 Å². The van der Waals surface area contributed by atoms with E-state index in [0.717, 1.165) is 24.0 Å². The molecule has 4 rings (SSSR count). The summed E-state index contributed by atoms with van der Waals surface area (Å²) in [5.74, 6) is 0.818. The van der Waals surface area contributed by atoms with E-state index in [2.05, 4.69) is 37.3 Å². The van der Waals surface area contributed by atoms with Gasteiger partial charge in [0, 0.05) is 12.0 Å². The number of phenols is 2. The maximum Gasteiger partial charge on any atom is 0.122 e. The van der Waals surface area contributed by atoms with Gasteiger partial charge in [0.15, 0.2) is 0 Å². The standard InChI is InChI=1S/C15H14O.C6H6O/c1-2-10-7-8-13-12-6-4-3-5-11(12)9-14(13)15(10)16;7-6-4-2-1-3-5-6/h3-8,16H,2,9H2,1H3;1-5,7H. The lowest BCUT2D eigenvalue weighted by molar-refractivity contribution is 0.464. The van der Waals surface area contributed by atoms with E-state index in [9.17, 15) is 5.11 Å². The third-order valence-electron chi connectivity index (χ3n) is 4.18. The van der Waals surface area contributed by atoms with E-state index in [0.29, 0.717) is 11.5 Å². The van der Waals surface area contributed by atoms with Crippen LogP contribution in [0.1, 0.15) is 23.6 Å². The van der Waals surface area contributed by atoms with Crippen molar-refractivity contribution in [2.45, 2.75) is 19.8 Å². The summed E-state index contributed by atoms with van der Waals surface area (Å²) in [6.07, 6.45) is 1.75. The second-order valence-electron chi connectivity index (χ2n) is 5.62. The molecule has 1 aliphatic carbocycles. The van der Waals surface area contributed by atoms with Crippen LogP contribution in [0.5, 0.6) is 11.5 Å². The first kappa shape index (κ1) is 15.2. The Labute approximate surface area is 136 Å². The van der Waals surface area contributed by atoms with Crippen molar-refractivity contribution in [3.05, 3.63) is 83.4 Å². The van der Waals surface area contributed by atoms with Crippen molar-refractivity contribution < 1.29 is 10.2 Å². The zero-order valence-electron chi connectivity index (χ0n) is 13.2. The molecule has 0 aliphatic heterocycles. The van der Waals surface area contributed by atoms with Gasteiger partial charge in [0.05, 0.1) is 0 Å². The highest BCUT2D eigenvalue weighted by Crippen LogP contribution is 2.42. The van der Waals surface area contributed by atoms with Crippen molar-refractivity contribution in [1.29, 1.82) is 0 Å². The van der Waals surface area contributed by atoms with Crippen LogP contribution in [-0.2, 0) is 12.8 Å². The quantitative estimate of drug-likeness (QED) is 0.524. The minimum atomic E-state index is 0.322. The first-order valence-electron chi connectivity index (χ1n) is 7.86. The number of hydrogen-bond donors (Lipinski definition) is 2. The highest BCUT2D eigenvalue weighted by atomic mass is 16.3. The van der Waals surface area contributed by atoms with Crippen LogP contribution in [-0.4, -0.2) is 10.2 Å². The van der Waals surface area contributed by atoms with Crippen molar-refractivity contribution in [3.63, 3.8) is 0 Å². The van der Waals surface area contributed by atoms with E-state index in [1.54, 1.807) is 24.3 Å². The van der Waals surface area contributed by atoms with Gasteiger partial charge in [-0.15, -0.1) is 0 Å². The molecular weight excluding hydrogens is 284 g/mol. The lowest BCUT2D eigenvalue weighted by Crippen LogP contribution is -1.88. The van der Waals surface area contributed by atoms with E-state index in [-0.39, 0.29) is 0 Å². The number of rotatable bonds is 1. The number of benzene rings is 3. The predicted octanol–water partition coefficient (Wildman–Crippen LogP) is 4.92. The number of aryl methyl sites for hydroxylation is 1. The third-order valence-corrected chi connectivity index (χ3v) is 4.18. The van der Waals surface area contributed by atoms with Crippen LogP contribution < -0.4 is 0 Å². The highest BCUT2D eigenvalue weighted by molar-refractivity contribution is 5.79. The molecule has 0 saturated heterocycles. The van der Waals surface area contributed by atoms with E-state index in [4.69, 9.17) is 5.11 Å². The topological polar surface area (TPSA) is 40.5 Å². The van der Waals surface area contributed by atoms with Gasteiger partial charge in [-0.2, -0.15) is 0 Å². The minimum absolute atomic E-state index is 0.322. The predicted molar refractivity (Wildman–Crippen MR) is 93.8 cm³/mol. The molecule has 0 spiro atoms. The minimum Gasteiger partial charge on any atom is -0.508 e. The first-order valence-corrected chi connectivity index (χ1v) is 7.86. The Kier molecular flexibility index (Phi) is 4.33. The van der Waals surface area contributed by atoms with Crippen LogP contribution in [0.25, 0.3) is 11.1 Å². The van der Waals surface area contributed by atoms with Gasteiger partial charge in [0.2, 0.25) is 0 Å². The Morgan fingerprint density at radius 3 is 2.13 bits per heavy atom. The molecule has 3 aromatic carbocycles. The second-order valence-corrected chi connectivity index (χ2v) is 5.62. The van der Waals surface area contributed by atoms with Gasteiger partial charge in [0.25, 0.3) is 0 Å². The van der Waals surface area contributed by atoms with Crippen molar-refractivity contribution in [2.75, 3.05) is 0 Å². The van der Waals surface area contributed by atoms with Crippen molar-refractivity contribution in [1.82, 2.24) is 0 Å². The lowest BCUT2D eigenvalue weighted by Gasteiger charge is -2.07. The van der Waals surface area contributed by atoms with Gasteiger partial charge in [-0.3, -0.25) is 0 Å². The Hall–Kier alpha value is -2.74. The molecule has 0 saturated carbocycles. The molecule has 1 aliphatic rings. The summed E-state index contributed by atoms with van der Waals surface area (Å²) in [7, 11) is 0. The molecule has 0 fully saturated rings. The number of aromatic hydroxyl groups is 2. The molecule has 3 aromatic rings. The average molecular weight is 304 g/mol. The summed E-state index contributed by atoms with van der Waals surface area (Å²) < 4.78 is 0.